The van der Waals surface area contributed by atoms with E-state index in [1.807, 2.05) is 25.2 Å². The van der Waals surface area contributed by atoms with Gasteiger partial charge in [0, 0.05) is 24.9 Å². The highest BCUT2D eigenvalue weighted by Crippen LogP contribution is 2.67. The first-order valence-electron chi connectivity index (χ1n) is 12.5. The number of ether oxygens (including phenoxy) is 1. The molecule has 5 aliphatic rings. The number of nitrogens with zero attached hydrogens (tertiary/aromatic N) is 1. The number of aliphatic hydroxyl groups is 1. The molecule has 6 heteroatoms. The third kappa shape index (κ3) is 3.36. The van der Waals surface area contributed by atoms with Crippen molar-refractivity contribution in [3.8, 4) is 0 Å². The van der Waals surface area contributed by atoms with Gasteiger partial charge >= 0.3 is 0 Å². The molecule has 5 rings (SSSR count). The molecular formula is C25H41N3O3. The van der Waals surface area contributed by atoms with E-state index < -0.39 is 0 Å². The van der Waals surface area contributed by atoms with Crippen LogP contribution in [0.3, 0.4) is 0 Å². The minimum absolute atomic E-state index is 0.125. The summed E-state index contributed by atoms with van der Waals surface area (Å²) in [5.41, 5.74) is 7.52. The second-order valence-corrected chi connectivity index (χ2v) is 11.5. The maximum Gasteiger partial charge on any atom is 0.157 e. The molecule has 6 nitrogen and oxygen atoms in total. The van der Waals surface area contributed by atoms with Gasteiger partial charge in [0.05, 0.1) is 19.3 Å². The summed E-state index contributed by atoms with van der Waals surface area (Å²) in [5, 5.41) is 12.3. The lowest BCUT2D eigenvalue weighted by atomic mass is 9.44. The van der Waals surface area contributed by atoms with Crippen LogP contribution in [0.15, 0.2) is 11.9 Å². The quantitative estimate of drug-likeness (QED) is 0.620. The van der Waals surface area contributed by atoms with Gasteiger partial charge in [0.15, 0.2) is 5.78 Å². The molecule has 1 unspecified atom stereocenters. The van der Waals surface area contributed by atoms with Gasteiger partial charge < -0.3 is 15.3 Å². The van der Waals surface area contributed by atoms with Crippen molar-refractivity contribution >= 4 is 5.78 Å². The van der Waals surface area contributed by atoms with E-state index in [0.717, 1.165) is 44.4 Å². The van der Waals surface area contributed by atoms with E-state index in [0.29, 0.717) is 36.0 Å². The normalized spacial score (nSPS) is 46.6. The van der Waals surface area contributed by atoms with Crippen molar-refractivity contribution in [3.05, 3.63) is 11.9 Å². The number of carbonyl (C=O) groups is 1. The summed E-state index contributed by atoms with van der Waals surface area (Å²) in [4.78, 5) is 13.4. The molecule has 0 spiro atoms. The van der Waals surface area contributed by atoms with Crippen LogP contribution in [0, 0.1) is 40.4 Å². The van der Waals surface area contributed by atoms with Crippen LogP contribution < -0.4 is 11.0 Å². The second kappa shape index (κ2) is 8.03. The lowest BCUT2D eigenvalue weighted by Gasteiger charge is -2.61. The van der Waals surface area contributed by atoms with Crippen molar-refractivity contribution in [2.24, 2.45) is 40.4 Å². The van der Waals surface area contributed by atoms with Crippen molar-refractivity contribution in [2.75, 3.05) is 20.3 Å². The zero-order valence-corrected chi connectivity index (χ0v) is 19.5. The number of hydrogen-bond donors (Lipinski definition) is 3. The number of fused-ring (bicyclic) bond motifs is 5. The lowest BCUT2D eigenvalue weighted by molar-refractivity contribution is -0.161. The maximum atomic E-state index is 13.4. The predicted octanol–water partition coefficient (Wildman–Crippen LogP) is 3.39. The number of Topliss-reactive ketones (excluding diaryl/α,β-unsaturated/α-hetero) is 1. The molecule has 31 heavy (non-hydrogen) atoms. The van der Waals surface area contributed by atoms with Crippen LogP contribution in [0.2, 0.25) is 0 Å². The summed E-state index contributed by atoms with van der Waals surface area (Å²) in [7, 11) is 1.86. The molecule has 1 heterocycles. The fourth-order valence-corrected chi connectivity index (χ4v) is 8.92. The van der Waals surface area contributed by atoms with E-state index in [1.165, 1.54) is 25.7 Å². The number of rotatable bonds is 5. The molecule has 0 aromatic heterocycles. The van der Waals surface area contributed by atoms with E-state index in [2.05, 4.69) is 17.9 Å². The van der Waals surface area contributed by atoms with Crippen LogP contribution in [0.4, 0.5) is 0 Å². The van der Waals surface area contributed by atoms with E-state index in [1.54, 1.807) is 0 Å². The Morgan fingerprint density at radius 3 is 2.77 bits per heavy atom. The maximum absolute atomic E-state index is 13.4. The minimum Gasteiger partial charge on any atom is -0.393 e. The van der Waals surface area contributed by atoms with Gasteiger partial charge in [-0.25, -0.2) is 0 Å². The van der Waals surface area contributed by atoms with Crippen LogP contribution in [0.1, 0.15) is 71.6 Å². The average molecular weight is 432 g/mol. The third-order valence-electron chi connectivity index (χ3n) is 10.4. The molecular weight excluding hydrogens is 390 g/mol. The van der Waals surface area contributed by atoms with Crippen LogP contribution in [-0.4, -0.2) is 42.3 Å². The van der Waals surface area contributed by atoms with E-state index >= 15 is 0 Å². The van der Waals surface area contributed by atoms with Crippen molar-refractivity contribution in [1.82, 2.24) is 16.0 Å². The fraction of sp³-hybridized carbons (Fsp3) is 0.880. The van der Waals surface area contributed by atoms with E-state index in [-0.39, 0.29) is 22.9 Å². The standard InChI is InChI=1S/C25H41N3O3/c1-16-13-26-27-28(16)14-23(30)22-7-6-20-19-5-4-17-12-18(29)8-11-25(17,15-31-3)21(19)9-10-24(20,22)2/h13,17-22,26-27,29H,4-12,14-15H2,1-3H3/t17-,18+,19-,20-,21?,22+,24-,25+/m0/s1. The predicted molar refractivity (Wildman–Crippen MR) is 119 cm³/mol. The number of carbonyl (C=O) groups excluding carboxylic acids is 1. The molecule has 0 aromatic carbocycles. The molecule has 0 amide bonds. The molecule has 4 saturated carbocycles. The van der Waals surface area contributed by atoms with Gasteiger partial charge in [-0.15, -0.1) is 5.53 Å². The lowest BCUT2D eigenvalue weighted by Crippen LogP contribution is -2.57. The number of nitrogens with one attached hydrogen (secondary N) is 2. The Hall–Kier alpha value is -1.11. The molecule has 0 aromatic rings. The van der Waals surface area contributed by atoms with Gasteiger partial charge in [-0.05, 0) is 99.2 Å². The van der Waals surface area contributed by atoms with Crippen molar-refractivity contribution in [3.63, 3.8) is 0 Å². The topological polar surface area (TPSA) is 73.8 Å². The van der Waals surface area contributed by atoms with Crippen LogP contribution >= 0.6 is 0 Å². The Morgan fingerprint density at radius 2 is 2.03 bits per heavy atom. The van der Waals surface area contributed by atoms with Gasteiger partial charge in [-0.2, -0.15) is 0 Å². The molecule has 3 N–H and O–H groups in total. The zero-order valence-electron chi connectivity index (χ0n) is 19.5. The first kappa shape index (κ1) is 21.7. The Kier molecular flexibility index (Phi) is 5.63. The highest BCUT2D eigenvalue weighted by molar-refractivity contribution is 5.84. The number of hydrogen-bond acceptors (Lipinski definition) is 6. The summed E-state index contributed by atoms with van der Waals surface area (Å²) < 4.78 is 5.85. The van der Waals surface area contributed by atoms with E-state index in [9.17, 15) is 9.90 Å². The Balaban J connectivity index is 1.35. The molecule has 1 aliphatic heterocycles. The van der Waals surface area contributed by atoms with Crippen LogP contribution in [-0.2, 0) is 9.53 Å². The molecule has 174 valence electrons. The summed E-state index contributed by atoms with van der Waals surface area (Å²) in [6, 6.07) is 0. The first-order chi connectivity index (χ1) is 14.9. The van der Waals surface area contributed by atoms with Crippen LogP contribution in [0.25, 0.3) is 0 Å². The largest absolute Gasteiger partial charge is 0.393 e. The Bertz CT molecular complexity index is 742. The summed E-state index contributed by atoms with van der Waals surface area (Å²) in [5.74, 6) is 3.24. The average Bonchev–Trinajstić information content (AvgIpc) is 3.31. The smallest absolute Gasteiger partial charge is 0.157 e. The third-order valence-corrected chi connectivity index (χ3v) is 10.4. The van der Waals surface area contributed by atoms with E-state index in [4.69, 9.17) is 4.74 Å². The number of ketones is 1. The van der Waals surface area contributed by atoms with Crippen molar-refractivity contribution in [2.45, 2.75) is 77.7 Å². The van der Waals surface area contributed by atoms with Gasteiger partial charge in [-0.3, -0.25) is 9.80 Å². The van der Waals surface area contributed by atoms with Gasteiger partial charge in [0.25, 0.3) is 0 Å². The SMILES string of the molecule is COC[C@]12CC[C@@H](O)C[C@@H]1CC[C@@H]1C2CC[C@]2(C)[C@@H](C(=O)CN3NNC=C3C)CC[C@@H]12. The molecule has 0 saturated heterocycles. The van der Waals surface area contributed by atoms with Gasteiger partial charge in [-0.1, -0.05) is 6.92 Å². The first-order valence-corrected chi connectivity index (χ1v) is 12.5. The number of aliphatic hydroxyl groups excluding tert-OH is 1. The minimum atomic E-state index is -0.125. The molecule has 0 radical (unpaired) electrons. The zero-order chi connectivity index (χ0) is 21.8. The van der Waals surface area contributed by atoms with Crippen LogP contribution in [0.5, 0.6) is 0 Å². The number of methoxy groups -OCH3 is 1. The Labute approximate surface area is 187 Å². The highest BCUT2D eigenvalue weighted by Gasteiger charge is 2.62. The van der Waals surface area contributed by atoms with Crippen molar-refractivity contribution < 1.29 is 14.6 Å². The molecule has 4 fully saturated rings. The highest BCUT2D eigenvalue weighted by atomic mass is 16.5. The second-order valence-electron chi connectivity index (χ2n) is 11.5. The summed E-state index contributed by atoms with van der Waals surface area (Å²) >= 11 is 0. The summed E-state index contributed by atoms with van der Waals surface area (Å²) in [6.45, 7) is 5.75. The number of allylic oxidation sites excluding steroid dienone is 1. The molecule has 0 bridgehead atoms. The monoisotopic (exact) mass is 431 g/mol. The summed E-state index contributed by atoms with van der Waals surface area (Å²) in [6.07, 6.45) is 11.9. The fourth-order valence-electron chi connectivity index (χ4n) is 8.92. The van der Waals surface area contributed by atoms with Gasteiger partial charge in [0.2, 0.25) is 0 Å². The molecule has 8 atom stereocenters. The molecule has 4 aliphatic carbocycles. The Morgan fingerprint density at radius 1 is 1.19 bits per heavy atom. The van der Waals surface area contributed by atoms with Crippen molar-refractivity contribution in [1.29, 1.82) is 0 Å². The number of hydrazine groups is 2. The van der Waals surface area contributed by atoms with Gasteiger partial charge in [0.1, 0.15) is 0 Å².